The van der Waals surface area contributed by atoms with Crippen LogP contribution in [0.2, 0.25) is 0 Å². The molecule has 16 heavy (non-hydrogen) atoms. The summed E-state index contributed by atoms with van der Waals surface area (Å²) in [7, 11) is -3.27. The number of aliphatic hydroxyl groups excluding tert-OH is 1. The van der Waals surface area contributed by atoms with Gasteiger partial charge in [-0.3, -0.25) is 0 Å². The van der Waals surface area contributed by atoms with Crippen LogP contribution in [0.5, 0.6) is 0 Å². The first-order valence-electron chi connectivity index (χ1n) is 5.09. The Morgan fingerprint density at radius 1 is 1.38 bits per heavy atom. The lowest BCUT2D eigenvalue weighted by Crippen LogP contribution is -2.52. The van der Waals surface area contributed by atoms with Crippen molar-refractivity contribution in [2.24, 2.45) is 5.73 Å². The predicted molar refractivity (Wildman–Crippen MR) is 60.7 cm³/mol. The summed E-state index contributed by atoms with van der Waals surface area (Å²) < 4.78 is 23.2. The van der Waals surface area contributed by atoms with Crippen molar-refractivity contribution >= 4 is 9.84 Å². The van der Waals surface area contributed by atoms with Crippen LogP contribution in [0.3, 0.4) is 0 Å². The Morgan fingerprint density at radius 2 is 1.94 bits per heavy atom. The summed E-state index contributed by atoms with van der Waals surface area (Å²) >= 11 is 0. The van der Waals surface area contributed by atoms with Crippen LogP contribution in [-0.4, -0.2) is 25.9 Å². The molecule has 0 saturated heterocycles. The molecule has 88 valence electrons. The van der Waals surface area contributed by atoms with Crippen LogP contribution in [0, 0.1) is 0 Å². The Kier molecular flexibility index (Phi) is 2.57. The molecule has 1 saturated carbocycles. The maximum absolute atomic E-state index is 11.6. The van der Waals surface area contributed by atoms with Crippen LogP contribution in [-0.2, 0) is 15.4 Å². The zero-order valence-corrected chi connectivity index (χ0v) is 9.87. The number of hydrogen-bond acceptors (Lipinski definition) is 4. The van der Waals surface area contributed by atoms with Gasteiger partial charge in [-0.05, 0) is 24.5 Å². The van der Waals surface area contributed by atoms with Crippen LogP contribution in [0.1, 0.15) is 18.4 Å². The minimum atomic E-state index is -3.27. The normalized spacial score (nSPS) is 29.8. The minimum absolute atomic E-state index is 0.268. The summed E-state index contributed by atoms with van der Waals surface area (Å²) in [6.07, 6.45) is 1.58. The lowest BCUT2D eigenvalue weighted by atomic mass is 9.70. The van der Waals surface area contributed by atoms with Gasteiger partial charge in [0.1, 0.15) is 0 Å². The number of hydrogen-bond donors (Lipinski definition) is 2. The molecule has 0 atom stereocenters. The Morgan fingerprint density at radius 3 is 2.44 bits per heavy atom. The second kappa shape index (κ2) is 3.55. The molecular formula is C11H15NO3S. The molecule has 1 fully saturated rings. The molecule has 0 aromatic heterocycles. The van der Waals surface area contributed by atoms with E-state index < -0.39 is 21.5 Å². The predicted octanol–water partition coefficient (Wildman–Crippen LogP) is 0.399. The van der Waals surface area contributed by atoms with Gasteiger partial charge in [0.25, 0.3) is 0 Å². The van der Waals surface area contributed by atoms with E-state index in [1.165, 1.54) is 6.26 Å². The molecular weight excluding hydrogens is 226 g/mol. The highest BCUT2D eigenvalue weighted by Crippen LogP contribution is 2.41. The van der Waals surface area contributed by atoms with Crippen molar-refractivity contribution in [2.45, 2.75) is 29.4 Å². The highest BCUT2D eigenvalue weighted by Gasteiger charge is 2.43. The molecule has 0 heterocycles. The maximum Gasteiger partial charge on any atom is 0.175 e. The van der Waals surface area contributed by atoms with E-state index in [1.807, 2.05) is 0 Å². The highest BCUT2D eigenvalue weighted by atomic mass is 32.2. The second-order valence-electron chi connectivity index (χ2n) is 4.49. The summed E-state index contributed by atoms with van der Waals surface area (Å²) in [4.78, 5) is 0.268. The van der Waals surface area contributed by atoms with E-state index >= 15 is 0 Å². The highest BCUT2D eigenvalue weighted by molar-refractivity contribution is 7.90. The second-order valence-corrected chi connectivity index (χ2v) is 6.47. The Bertz CT molecular complexity index is 504. The molecule has 3 N–H and O–H groups in total. The van der Waals surface area contributed by atoms with Crippen molar-refractivity contribution in [1.82, 2.24) is 0 Å². The number of nitrogens with two attached hydrogens (primary N) is 1. The molecule has 0 spiro atoms. The van der Waals surface area contributed by atoms with Crippen molar-refractivity contribution in [3.8, 4) is 0 Å². The van der Waals surface area contributed by atoms with Gasteiger partial charge in [0.15, 0.2) is 9.84 Å². The van der Waals surface area contributed by atoms with Crippen LogP contribution < -0.4 is 5.73 Å². The van der Waals surface area contributed by atoms with Crippen molar-refractivity contribution in [1.29, 1.82) is 0 Å². The lowest BCUT2D eigenvalue weighted by molar-refractivity contribution is 0.0196. The monoisotopic (exact) mass is 241 g/mol. The summed E-state index contributed by atoms with van der Waals surface area (Å²) in [5.74, 6) is 0. The van der Waals surface area contributed by atoms with Crippen molar-refractivity contribution in [3.05, 3.63) is 29.8 Å². The summed E-state index contributed by atoms with van der Waals surface area (Å²) in [5, 5.41) is 9.31. The van der Waals surface area contributed by atoms with E-state index in [1.54, 1.807) is 24.3 Å². The van der Waals surface area contributed by atoms with Crippen LogP contribution in [0.4, 0.5) is 0 Å². The zero-order chi connectivity index (χ0) is 12.0. The van der Waals surface area contributed by atoms with Crippen LogP contribution in [0.15, 0.2) is 29.2 Å². The van der Waals surface area contributed by atoms with Gasteiger partial charge in [0, 0.05) is 11.8 Å². The third-order valence-electron chi connectivity index (χ3n) is 3.02. The molecule has 2 rings (SSSR count). The zero-order valence-electron chi connectivity index (χ0n) is 9.05. The van der Waals surface area contributed by atoms with Gasteiger partial charge in [-0.15, -0.1) is 0 Å². The van der Waals surface area contributed by atoms with E-state index in [2.05, 4.69) is 0 Å². The topological polar surface area (TPSA) is 80.4 Å². The van der Waals surface area contributed by atoms with Crippen LogP contribution >= 0.6 is 0 Å². The molecule has 1 aliphatic carbocycles. The molecule has 0 radical (unpaired) electrons. The van der Waals surface area contributed by atoms with Gasteiger partial charge in [-0.25, -0.2) is 8.42 Å². The van der Waals surface area contributed by atoms with E-state index in [0.29, 0.717) is 18.4 Å². The van der Waals surface area contributed by atoms with E-state index in [9.17, 15) is 13.5 Å². The molecule has 1 aliphatic rings. The number of aliphatic hydroxyl groups is 1. The third-order valence-corrected chi connectivity index (χ3v) is 4.18. The van der Waals surface area contributed by atoms with Gasteiger partial charge in [-0.2, -0.15) is 0 Å². The fourth-order valence-corrected chi connectivity index (χ4v) is 3.20. The van der Waals surface area contributed by atoms with Crippen LogP contribution in [0.25, 0.3) is 0 Å². The average Bonchev–Trinajstić information content (AvgIpc) is 2.14. The minimum Gasteiger partial charge on any atom is -0.393 e. The first-order chi connectivity index (χ1) is 7.33. The SMILES string of the molecule is CS(=O)(=O)c1ccccc1C1(N)CC(O)C1. The number of benzene rings is 1. The summed E-state index contributed by atoms with van der Waals surface area (Å²) in [6.45, 7) is 0. The quantitative estimate of drug-likeness (QED) is 0.785. The van der Waals surface area contributed by atoms with Gasteiger partial charge >= 0.3 is 0 Å². The van der Waals surface area contributed by atoms with Gasteiger partial charge in [0.05, 0.1) is 11.0 Å². The van der Waals surface area contributed by atoms with Crippen molar-refractivity contribution in [3.63, 3.8) is 0 Å². The first-order valence-corrected chi connectivity index (χ1v) is 6.98. The van der Waals surface area contributed by atoms with E-state index in [-0.39, 0.29) is 4.90 Å². The van der Waals surface area contributed by atoms with Crippen molar-refractivity contribution < 1.29 is 13.5 Å². The van der Waals surface area contributed by atoms with Gasteiger partial charge in [0.2, 0.25) is 0 Å². The molecule has 1 aromatic rings. The fourth-order valence-electron chi connectivity index (χ4n) is 2.20. The molecule has 0 amide bonds. The summed E-state index contributed by atoms with van der Waals surface area (Å²) in [6, 6.07) is 6.73. The molecule has 0 aliphatic heterocycles. The standard InChI is InChI=1S/C11H15NO3S/c1-16(14,15)10-5-3-2-4-9(10)11(12)6-8(13)7-11/h2-5,8,13H,6-7,12H2,1H3. The average molecular weight is 241 g/mol. The lowest BCUT2D eigenvalue weighted by Gasteiger charge is -2.43. The Hall–Kier alpha value is -0.910. The molecule has 4 nitrogen and oxygen atoms in total. The van der Waals surface area contributed by atoms with Crippen molar-refractivity contribution in [2.75, 3.05) is 6.26 Å². The van der Waals surface area contributed by atoms with E-state index in [0.717, 1.165) is 0 Å². The molecule has 0 unspecified atom stereocenters. The van der Waals surface area contributed by atoms with E-state index in [4.69, 9.17) is 5.73 Å². The third kappa shape index (κ3) is 1.86. The smallest absolute Gasteiger partial charge is 0.175 e. The number of sulfone groups is 1. The van der Waals surface area contributed by atoms with Gasteiger partial charge < -0.3 is 10.8 Å². The van der Waals surface area contributed by atoms with Gasteiger partial charge in [-0.1, -0.05) is 18.2 Å². The first kappa shape index (κ1) is 11.6. The Balaban J connectivity index is 2.50. The molecule has 5 heteroatoms. The fraction of sp³-hybridized carbons (Fsp3) is 0.455. The Labute approximate surface area is 95.0 Å². The molecule has 1 aromatic carbocycles. The maximum atomic E-state index is 11.6. The summed E-state index contributed by atoms with van der Waals surface area (Å²) in [5.41, 5.74) is 6.01. The largest absolute Gasteiger partial charge is 0.393 e. The molecule has 0 bridgehead atoms. The number of rotatable bonds is 2.